The maximum atomic E-state index is 13.6. The number of hydrogen-bond donors (Lipinski definition) is 1. The van der Waals surface area contributed by atoms with Crippen molar-refractivity contribution in [2.45, 2.75) is 30.3 Å². The number of thiophene rings is 1. The fraction of sp³-hybridized carbons (Fsp3) is 0.308. The first-order chi connectivity index (χ1) is 9.58. The van der Waals surface area contributed by atoms with Crippen LogP contribution in [0.1, 0.15) is 29.3 Å². The number of nitrogens with zero attached hydrogens (tertiary/aromatic N) is 1. The molecule has 0 aliphatic heterocycles. The van der Waals surface area contributed by atoms with Crippen LogP contribution in [-0.2, 0) is 16.4 Å². The summed E-state index contributed by atoms with van der Waals surface area (Å²) in [6, 6.07) is 4.10. The Morgan fingerprint density at radius 3 is 3.05 bits per heavy atom. The van der Waals surface area contributed by atoms with Crippen molar-refractivity contribution in [3.63, 3.8) is 0 Å². The highest BCUT2D eigenvalue weighted by molar-refractivity contribution is 7.89. The molecule has 0 aromatic carbocycles. The third-order valence-electron chi connectivity index (χ3n) is 3.33. The molecule has 0 radical (unpaired) electrons. The van der Waals surface area contributed by atoms with E-state index in [-0.39, 0.29) is 6.04 Å². The minimum absolute atomic E-state index is 0.295. The lowest BCUT2D eigenvalue weighted by Gasteiger charge is -2.23. The van der Waals surface area contributed by atoms with Gasteiger partial charge in [0, 0.05) is 17.1 Å². The van der Waals surface area contributed by atoms with Gasteiger partial charge in [0.05, 0.1) is 0 Å². The lowest BCUT2D eigenvalue weighted by atomic mass is 9.95. The number of aromatic nitrogens is 1. The molecule has 1 N–H and O–H groups in total. The second kappa shape index (κ2) is 5.23. The fourth-order valence-corrected chi connectivity index (χ4v) is 4.66. The Morgan fingerprint density at radius 1 is 1.40 bits per heavy atom. The SMILES string of the molecule is O=S(=O)(NC1CCCc2sccc21)c1ncccc1F. The zero-order valence-corrected chi connectivity index (χ0v) is 12.2. The molecule has 1 aliphatic rings. The Hall–Kier alpha value is -1.31. The van der Waals surface area contributed by atoms with Crippen LogP contribution in [0.3, 0.4) is 0 Å². The zero-order valence-electron chi connectivity index (χ0n) is 10.5. The molecular weight excluding hydrogens is 299 g/mol. The number of fused-ring (bicyclic) bond motifs is 1. The van der Waals surface area contributed by atoms with Gasteiger partial charge in [-0.2, -0.15) is 0 Å². The molecule has 0 saturated heterocycles. The van der Waals surface area contributed by atoms with Crippen LogP contribution in [0.5, 0.6) is 0 Å². The molecule has 2 aromatic rings. The van der Waals surface area contributed by atoms with Crippen molar-refractivity contribution in [2.75, 3.05) is 0 Å². The first-order valence-electron chi connectivity index (χ1n) is 6.27. The van der Waals surface area contributed by atoms with E-state index < -0.39 is 20.9 Å². The van der Waals surface area contributed by atoms with Crippen molar-refractivity contribution < 1.29 is 12.8 Å². The smallest absolute Gasteiger partial charge is 0.241 e. The molecule has 0 saturated carbocycles. The summed E-state index contributed by atoms with van der Waals surface area (Å²) in [5, 5.41) is 1.42. The lowest BCUT2D eigenvalue weighted by Crippen LogP contribution is -2.31. The maximum Gasteiger partial charge on any atom is 0.261 e. The van der Waals surface area contributed by atoms with E-state index >= 15 is 0 Å². The van der Waals surface area contributed by atoms with Gasteiger partial charge in [-0.15, -0.1) is 11.3 Å². The number of nitrogens with one attached hydrogen (secondary N) is 1. The average Bonchev–Trinajstić information content (AvgIpc) is 2.88. The van der Waals surface area contributed by atoms with Crippen LogP contribution in [0.15, 0.2) is 34.8 Å². The number of hydrogen-bond acceptors (Lipinski definition) is 4. The van der Waals surface area contributed by atoms with Crippen LogP contribution in [0.4, 0.5) is 4.39 Å². The quantitative estimate of drug-likeness (QED) is 0.948. The van der Waals surface area contributed by atoms with Gasteiger partial charge in [0.1, 0.15) is 0 Å². The molecule has 2 aromatic heterocycles. The van der Waals surface area contributed by atoms with Gasteiger partial charge in [0.2, 0.25) is 5.03 Å². The molecule has 1 aliphatic carbocycles. The molecule has 4 nitrogen and oxygen atoms in total. The molecule has 0 amide bonds. The molecule has 3 rings (SSSR count). The molecule has 0 bridgehead atoms. The van der Waals surface area contributed by atoms with Crippen LogP contribution in [0.2, 0.25) is 0 Å². The van der Waals surface area contributed by atoms with Gasteiger partial charge in [0.15, 0.2) is 5.82 Å². The topological polar surface area (TPSA) is 59.1 Å². The molecule has 7 heteroatoms. The van der Waals surface area contributed by atoms with Crippen molar-refractivity contribution in [3.8, 4) is 0 Å². The van der Waals surface area contributed by atoms with Gasteiger partial charge in [0.25, 0.3) is 10.0 Å². The fourth-order valence-electron chi connectivity index (χ4n) is 2.42. The van der Waals surface area contributed by atoms with E-state index in [4.69, 9.17) is 0 Å². The molecule has 2 heterocycles. The largest absolute Gasteiger partial charge is 0.261 e. The lowest BCUT2D eigenvalue weighted by molar-refractivity contribution is 0.500. The molecule has 0 fully saturated rings. The number of aryl methyl sites for hydroxylation is 1. The summed E-state index contributed by atoms with van der Waals surface area (Å²) in [5.41, 5.74) is 1.00. The van der Waals surface area contributed by atoms with E-state index in [2.05, 4.69) is 9.71 Å². The Kier molecular flexibility index (Phi) is 3.57. The summed E-state index contributed by atoms with van der Waals surface area (Å²) >= 11 is 1.63. The number of pyridine rings is 1. The Labute approximate surface area is 120 Å². The summed E-state index contributed by atoms with van der Waals surface area (Å²) in [7, 11) is -3.94. The van der Waals surface area contributed by atoms with Gasteiger partial charge >= 0.3 is 0 Å². The second-order valence-corrected chi connectivity index (χ2v) is 7.29. The summed E-state index contributed by atoms with van der Waals surface area (Å²) in [5.74, 6) is -0.832. The van der Waals surface area contributed by atoms with Gasteiger partial charge in [-0.05, 0) is 48.4 Å². The minimum Gasteiger partial charge on any atom is -0.241 e. The van der Waals surface area contributed by atoms with E-state index in [0.29, 0.717) is 0 Å². The Bertz CT molecular complexity index is 727. The molecule has 1 unspecified atom stereocenters. The average molecular weight is 312 g/mol. The van der Waals surface area contributed by atoms with Crippen molar-refractivity contribution in [2.24, 2.45) is 0 Å². The maximum absolute atomic E-state index is 13.6. The van der Waals surface area contributed by atoms with E-state index in [0.717, 1.165) is 30.9 Å². The third-order valence-corrected chi connectivity index (χ3v) is 5.73. The van der Waals surface area contributed by atoms with E-state index in [1.54, 1.807) is 11.3 Å². The van der Waals surface area contributed by atoms with E-state index in [1.807, 2.05) is 11.4 Å². The second-order valence-electron chi connectivity index (χ2n) is 4.66. The van der Waals surface area contributed by atoms with Crippen molar-refractivity contribution in [3.05, 3.63) is 46.0 Å². The first-order valence-corrected chi connectivity index (χ1v) is 8.63. The summed E-state index contributed by atoms with van der Waals surface area (Å²) in [6.45, 7) is 0. The van der Waals surface area contributed by atoms with E-state index in [1.165, 1.54) is 17.1 Å². The molecule has 1 atom stereocenters. The van der Waals surface area contributed by atoms with Crippen molar-refractivity contribution in [1.82, 2.24) is 9.71 Å². The first kappa shape index (κ1) is 13.7. The van der Waals surface area contributed by atoms with Crippen LogP contribution < -0.4 is 4.72 Å². The summed E-state index contributed by atoms with van der Waals surface area (Å²) in [4.78, 5) is 4.84. The molecule has 20 heavy (non-hydrogen) atoms. The van der Waals surface area contributed by atoms with Gasteiger partial charge < -0.3 is 0 Å². The predicted octanol–water partition coefficient (Wildman–Crippen LogP) is 2.64. The molecule has 106 valence electrons. The highest BCUT2D eigenvalue weighted by Crippen LogP contribution is 2.34. The molecule has 0 spiro atoms. The monoisotopic (exact) mass is 312 g/mol. The van der Waals surface area contributed by atoms with Crippen LogP contribution in [0, 0.1) is 5.82 Å². The standard InChI is InChI=1S/C13H13FN2O2S2/c14-10-3-2-7-15-13(10)20(17,18)16-11-4-1-5-12-9(11)6-8-19-12/h2-3,6-8,11,16H,1,4-5H2. The predicted molar refractivity (Wildman–Crippen MR) is 74.5 cm³/mol. The highest BCUT2D eigenvalue weighted by Gasteiger charge is 2.28. The Morgan fingerprint density at radius 2 is 2.25 bits per heavy atom. The van der Waals surface area contributed by atoms with Crippen LogP contribution in [-0.4, -0.2) is 13.4 Å². The van der Waals surface area contributed by atoms with Crippen molar-refractivity contribution in [1.29, 1.82) is 0 Å². The number of rotatable bonds is 3. The normalized spacial score (nSPS) is 18.8. The van der Waals surface area contributed by atoms with Crippen LogP contribution in [0.25, 0.3) is 0 Å². The van der Waals surface area contributed by atoms with Gasteiger partial charge in [-0.1, -0.05) is 0 Å². The van der Waals surface area contributed by atoms with Gasteiger partial charge in [-0.25, -0.2) is 22.5 Å². The number of halogens is 1. The third kappa shape index (κ3) is 2.48. The molecular formula is C13H13FN2O2S2. The zero-order chi connectivity index (χ0) is 14.2. The Balaban J connectivity index is 1.91. The summed E-state index contributed by atoms with van der Waals surface area (Å²) < 4.78 is 40.7. The number of sulfonamides is 1. The highest BCUT2D eigenvalue weighted by atomic mass is 32.2. The van der Waals surface area contributed by atoms with Gasteiger partial charge in [-0.3, -0.25) is 0 Å². The van der Waals surface area contributed by atoms with Crippen LogP contribution >= 0.6 is 11.3 Å². The summed E-state index contributed by atoms with van der Waals surface area (Å²) in [6.07, 6.45) is 3.89. The van der Waals surface area contributed by atoms with Crippen molar-refractivity contribution >= 4 is 21.4 Å². The van der Waals surface area contributed by atoms with E-state index in [9.17, 15) is 12.8 Å². The minimum atomic E-state index is -3.94.